The van der Waals surface area contributed by atoms with Crippen LogP contribution in [-0.4, -0.2) is 34.8 Å². The lowest BCUT2D eigenvalue weighted by Gasteiger charge is -2.38. The van der Waals surface area contributed by atoms with E-state index in [9.17, 15) is 9.90 Å². The van der Waals surface area contributed by atoms with Gasteiger partial charge in [-0.25, -0.2) is 4.79 Å². The number of aliphatic hydroxyl groups is 1. The summed E-state index contributed by atoms with van der Waals surface area (Å²) in [5, 5.41) is 14.9. The second kappa shape index (κ2) is 6.21. The van der Waals surface area contributed by atoms with Crippen molar-refractivity contribution in [3.05, 3.63) is 34.2 Å². The van der Waals surface area contributed by atoms with Gasteiger partial charge in [-0.3, -0.25) is 0 Å². The molecule has 0 saturated carbocycles. The Kier molecular flexibility index (Phi) is 4.53. The van der Waals surface area contributed by atoms with Crippen molar-refractivity contribution in [3.63, 3.8) is 0 Å². The minimum Gasteiger partial charge on any atom is -0.444 e. The summed E-state index contributed by atoms with van der Waals surface area (Å²) in [4.78, 5) is 13.8. The lowest BCUT2D eigenvalue weighted by Crippen LogP contribution is -2.46. The van der Waals surface area contributed by atoms with Crippen LogP contribution in [0, 0.1) is 0 Å². The molecule has 0 spiro atoms. The highest BCUT2D eigenvalue weighted by molar-refractivity contribution is 7.17. The Balaban J connectivity index is 1.75. The van der Waals surface area contributed by atoms with Gasteiger partial charge in [0.1, 0.15) is 5.60 Å². The Labute approximate surface area is 151 Å². The Bertz CT molecular complexity index is 757. The number of piperidine rings is 1. The van der Waals surface area contributed by atoms with Crippen LogP contribution in [0.1, 0.15) is 39.2 Å². The van der Waals surface area contributed by atoms with Crippen molar-refractivity contribution < 1.29 is 14.6 Å². The molecule has 4 nitrogen and oxygen atoms in total. The first-order valence-corrected chi connectivity index (χ1v) is 9.31. The van der Waals surface area contributed by atoms with E-state index < -0.39 is 11.2 Å². The molecule has 0 unspecified atom stereocenters. The van der Waals surface area contributed by atoms with Gasteiger partial charge in [0.25, 0.3) is 0 Å². The van der Waals surface area contributed by atoms with Gasteiger partial charge >= 0.3 is 6.09 Å². The van der Waals surface area contributed by atoms with Crippen molar-refractivity contribution in [2.75, 3.05) is 13.1 Å². The van der Waals surface area contributed by atoms with Crippen LogP contribution < -0.4 is 0 Å². The summed E-state index contributed by atoms with van der Waals surface area (Å²) in [5.74, 6) is 0. The second-order valence-corrected chi connectivity index (χ2v) is 8.64. The molecule has 24 heavy (non-hydrogen) atoms. The summed E-state index contributed by atoms with van der Waals surface area (Å²) >= 11 is 7.63. The molecule has 6 heteroatoms. The summed E-state index contributed by atoms with van der Waals surface area (Å²) in [5.41, 5.74) is -0.485. The van der Waals surface area contributed by atoms with Gasteiger partial charge in [0.05, 0.1) is 5.60 Å². The maximum absolute atomic E-state index is 12.2. The summed E-state index contributed by atoms with van der Waals surface area (Å²) in [6, 6.07) is 5.73. The van der Waals surface area contributed by atoms with Crippen LogP contribution in [0.15, 0.2) is 23.6 Å². The minimum absolute atomic E-state index is 0.313. The molecule has 1 fully saturated rings. The minimum atomic E-state index is -0.912. The Morgan fingerprint density at radius 1 is 1.33 bits per heavy atom. The molecule has 1 N–H and O–H groups in total. The predicted molar refractivity (Wildman–Crippen MR) is 97.8 cm³/mol. The predicted octanol–water partition coefficient (Wildman–Crippen LogP) is 4.77. The van der Waals surface area contributed by atoms with Crippen LogP contribution in [-0.2, 0) is 10.3 Å². The van der Waals surface area contributed by atoms with Gasteiger partial charge in [-0.15, -0.1) is 11.3 Å². The number of amides is 1. The van der Waals surface area contributed by atoms with Crippen molar-refractivity contribution in [1.29, 1.82) is 0 Å². The number of likely N-dealkylation sites (tertiary alicyclic amines) is 1. The fourth-order valence-electron chi connectivity index (χ4n) is 3.02. The molecular formula is C18H22ClNO3S. The van der Waals surface area contributed by atoms with E-state index in [0.29, 0.717) is 31.0 Å². The van der Waals surface area contributed by atoms with E-state index in [0.717, 1.165) is 15.6 Å². The molecule has 0 radical (unpaired) electrons. The third kappa shape index (κ3) is 3.53. The molecule has 130 valence electrons. The van der Waals surface area contributed by atoms with E-state index in [4.69, 9.17) is 16.3 Å². The third-order valence-electron chi connectivity index (χ3n) is 4.28. The smallest absolute Gasteiger partial charge is 0.410 e. The molecule has 3 rings (SSSR count). The van der Waals surface area contributed by atoms with Crippen molar-refractivity contribution >= 4 is 39.1 Å². The first-order chi connectivity index (χ1) is 11.2. The molecule has 0 aliphatic carbocycles. The van der Waals surface area contributed by atoms with Gasteiger partial charge in [0.2, 0.25) is 0 Å². The zero-order valence-electron chi connectivity index (χ0n) is 14.1. The van der Waals surface area contributed by atoms with Gasteiger partial charge in [-0.2, -0.15) is 0 Å². The quantitative estimate of drug-likeness (QED) is 0.789. The van der Waals surface area contributed by atoms with Crippen LogP contribution in [0.5, 0.6) is 0 Å². The van der Waals surface area contributed by atoms with Gasteiger partial charge in [0, 0.05) is 28.4 Å². The van der Waals surface area contributed by atoms with Gasteiger partial charge in [-0.1, -0.05) is 17.7 Å². The summed E-state index contributed by atoms with van der Waals surface area (Å²) in [7, 11) is 0. The summed E-state index contributed by atoms with van der Waals surface area (Å²) in [6.07, 6.45) is 0.688. The first-order valence-electron chi connectivity index (χ1n) is 8.05. The molecule has 1 amide bonds. The standard InChI is InChI=1S/C18H22ClNO3S/c1-17(2,3)23-16(21)20-8-6-18(22,7-9-20)14-11-24-15-10-12(19)4-5-13(14)15/h4-5,10-11,22H,6-9H2,1-3H3. The zero-order valence-corrected chi connectivity index (χ0v) is 15.7. The Morgan fingerprint density at radius 2 is 2.00 bits per heavy atom. The number of nitrogens with zero attached hydrogens (tertiary/aromatic N) is 1. The molecule has 2 heterocycles. The van der Waals surface area contributed by atoms with Crippen LogP contribution in [0.4, 0.5) is 4.79 Å². The molecular weight excluding hydrogens is 346 g/mol. The van der Waals surface area contributed by atoms with Crippen molar-refractivity contribution in [3.8, 4) is 0 Å². The van der Waals surface area contributed by atoms with Crippen LogP contribution in [0.2, 0.25) is 5.02 Å². The van der Waals surface area contributed by atoms with Crippen LogP contribution >= 0.6 is 22.9 Å². The molecule has 1 aliphatic heterocycles. The number of carbonyl (C=O) groups excluding carboxylic acids is 1. The van der Waals surface area contributed by atoms with Gasteiger partial charge in [-0.05, 0) is 56.5 Å². The van der Waals surface area contributed by atoms with Crippen LogP contribution in [0.3, 0.4) is 0 Å². The number of halogens is 1. The summed E-state index contributed by atoms with van der Waals surface area (Å²) in [6.45, 7) is 6.53. The number of hydrogen-bond acceptors (Lipinski definition) is 4. The maximum Gasteiger partial charge on any atom is 0.410 e. The number of benzene rings is 1. The van der Waals surface area contributed by atoms with Crippen molar-refractivity contribution in [1.82, 2.24) is 4.90 Å². The third-order valence-corrected chi connectivity index (χ3v) is 5.46. The zero-order chi connectivity index (χ0) is 17.5. The molecule has 1 aliphatic rings. The molecule has 1 aromatic carbocycles. The largest absolute Gasteiger partial charge is 0.444 e. The number of thiophene rings is 1. The fourth-order valence-corrected chi connectivity index (χ4v) is 4.35. The highest BCUT2D eigenvalue weighted by atomic mass is 35.5. The van der Waals surface area contributed by atoms with E-state index in [1.807, 2.05) is 44.4 Å². The number of rotatable bonds is 1. The van der Waals surface area contributed by atoms with Gasteiger partial charge in [0.15, 0.2) is 0 Å². The lowest BCUT2D eigenvalue weighted by atomic mass is 9.84. The average molecular weight is 368 g/mol. The number of carbonyl (C=O) groups is 1. The normalized spacial score (nSPS) is 18.0. The fraction of sp³-hybridized carbons (Fsp3) is 0.500. The molecule has 1 aromatic heterocycles. The van der Waals surface area contributed by atoms with E-state index in [1.54, 1.807) is 16.2 Å². The lowest BCUT2D eigenvalue weighted by molar-refractivity contribution is -0.0345. The van der Waals surface area contributed by atoms with Crippen molar-refractivity contribution in [2.24, 2.45) is 0 Å². The number of fused-ring (bicyclic) bond motifs is 1. The topological polar surface area (TPSA) is 49.8 Å². The first kappa shape index (κ1) is 17.5. The van der Waals surface area contributed by atoms with E-state index in [1.165, 1.54) is 0 Å². The molecule has 2 aromatic rings. The maximum atomic E-state index is 12.2. The summed E-state index contributed by atoms with van der Waals surface area (Å²) < 4.78 is 6.48. The Hall–Kier alpha value is -1.30. The van der Waals surface area contributed by atoms with E-state index >= 15 is 0 Å². The molecule has 1 saturated heterocycles. The SMILES string of the molecule is CC(C)(C)OC(=O)N1CCC(O)(c2csc3cc(Cl)ccc23)CC1. The average Bonchev–Trinajstić information content (AvgIpc) is 2.89. The molecule has 0 bridgehead atoms. The highest BCUT2D eigenvalue weighted by Crippen LogP contribution is 2.40. The van der Waals surface area contributed by atoms with Crippen LogP contribution in [0.25, 0.3) is 10.1 Å². The molecule has 0 atom stereocenters. The van der Waals surface area contributed by atoms with Gasteiger partial charge < -0.3 is 14.7 Å². The highest BCUT2D eigenvalue weighted by Gasteiger charge is 2.38. The number of hydrogen-bond donors (Lipinski definition) is 1. The monoisotopic (exact) mass is 367 g/mol. The van der Waals surface area contributed by atoms with Crippen molar-refractivity contribution in [2.45, 2.75) is 44.8 Å². The number of ether oxygens (including phenoxy) is 1. The Morgan fingerprint density at radius 3 is 2.62 bits per heavy atom. The second-order valence-electron chi connectivity index (χ2n) is 7.29. The van der Waals surface area contributed by atoms with E-state index in [2.05, 4.69) is 0 Å². The van der Waals surface area contributed by atoms with E-state index in [-0.39, 0.29) is 6.09 Å².